The Morgan fingerprint density at radius 1 is 1.09 bits per heavy atom. The van der Waals surface area contributed by atoms with E-state index in [9.17, 15) is 9.59 Å². The number of benzene rings is 1. The summed E-state index contributed by atoms with van der Waals surface area (Å²) in [6.07, 6.45) is 4.90. The van der Waals surface area contributed by atoms with E-state index >= 15 is 0 Å². The van der Waals surface area contributed by atoms with E-state index in [0.717, 1.165) is 31.5 Å². The van der Waals surface area contributed by atoms with Gasteiger partial charge in [0.25, 0.3) is 0 Å². The zero-order chi connectivity index (χ0) is 15.8. The van der Waals surface area contributed by atoms with Gasteiger partial charge in [-0.15, -0.1) is 12.4 Å². The van der Waals surface area contributed by atoms with Crippen LogP contribution in [0, 0.1) is 0 Å². The lowest BCUT2D eigenvalue weighted by Gasteiger charge is -2.20. The zero-order valence-electron chi connectivity index (χ0n) is 13.4. The molecule has 0 radical (unpaired) electrons. The predicted octanol–water partition coefficient (Wildman–Crippen LogP) is 2.02. The van der Waals surface area contributed by atoms with Crippen LogP contribution < -0.4 is 11.1 Å². The molecule has 23 heavy (non-hydrogen) atoms. The number of nitrogens with one attached hydrogen (secondary N) is 1. The minimum atomic E-state index is -0.686. The van der Waals surface area contributed by atoms with Crippen molar-refractivity contribution < 1.29 is 9.59 Å². The average molecular weight is 340 g/mol. The summed E-state index contributed by atoms with van der Waals surface area (Å²) >= 11 is 0. The Labute approximate surface area is 144 Å². The minimum absolute atomic E-state index is 0. The van der Waals surface area contributed by atoms with Gasteiger partial charge in [-0.25, -0.2) is 0 Å². The summed E-state index contributed by atoms with van der Waals surface area (Å²) in [5.41, 5.74) is 6.69. The maximum Gasteiger partial charge on any atom is 0.241 e. The first kappa shape index (κ1) is 19.5. The summed E-state index contributed by atoms with van der Waals surface area (Å²) < 4.78 is 0. The van der Waals surface area contributed by atoms with Crippen LogP contribution in [-0.4, -0.2) is 36.3 Å². The van der Waals surface area contributed by atoms with E-state index in [1.165, 1.54) is 12.8 Å². The molecule has 0 spiro atoms. The smallest absolute Gasteiger partial charge is 0.241 e. The van der Waals surface area contributed by atoms with Crippen LogP contribution in [0.15, 0.2) is 30.3 Å². The molecule has 0 aromatic heterocycles. The summed E-state index contributed by atoms with van der Waals surface area (Å²) in [6, 6.07) is 8.55. The number of amides is 2. The monoisotopic (exact) mass is 339 g/mol. The molecule has 2 rings (SSSR count). The molecule has 1 aromatic rings. The molecule has 2 amide bonds. The van der Waals surface area contributed by atoms with Gasteiger partial charge in [-0.2, -0.15) is 0 Å². The van der Waals surface area contributed by atoms with Gasteiger partial charge in [0, 0.05) is 26.1 Å². The molecule has 3 N–H and O–H groups in total. The first-order valence-electron chi connectivity index (χ1n) is 8.04. The maximum absolute atomic E-state index is 12.1. The molecule has 6 heteroatoms. The van der Waals surface area contributed by atoms with Gasteiger partial charge in [-0.3, -0.25) is 9.59 Å². The standard InChI is InChI=1S/C17H25N3O2.ClH/c18-16(14-8-4-3-5-9-14)17(22)19-11-10-15(21)20-12-6-1-2-7-13-20;/h3-5,8-9,16H,1-2,6-7,10-13,18H2,(H,19,22);1H. The number of carbonyl (C=O) groups is 2. The quantitative estimate of drug-likeness (QED) is 0.861. The van der Waals surface area contributed by atoms with E-state index in [-0.39, 0.29) is 24.2 Å². The van der Waals surface area contributed by atoms with Gasteiger partial charge in [0.15, 0.2) is 0 Å². The molecule has 1 aliphatic heterocycles. The van der Waals surface area contributed by atoms with Crippen molar-refractivity contribution in [1.29, 1.82) is 0 Å². The third kappa shape index (κ3) is 6.20. The number of likely N-dealkylation sites (tertiary alicyclic amines) is 1. The second kappa shape index (κ2) is 10.2. The highest BCUT2D eigenvalue weighted by molar-refractivity contribution is 5.85. The Morgan fingerprint density at radius 3 is 2.30 bits per heavy atom. The SMILES string of the molecule is Cl.NC(C(=O)NCCC(=O)N1CCCCCC1)c1ccccc1. The van der Waals surface area contributed by atoms with Crippen molar-refractivity contribution >= 4 is 24.2 Å². The number of hydrogen-bond acceptors (Lipinski definition) is 3. The van der Waals surface area contributed by atoms with Crippen LogP contribution in [0.25, 0.3) is 0 Å². The van der Waals surface area contributed by atoms with Crippen molar-refractivity contribution in [3.63, 3.8) is 0 Å². The molecule has 1 atom stereocenters. The molecule has 1 aliphatic rings. The second-order valence-corrected chi connectivity index (χ2v) is 5.72. The van der Waals surface area contributed by atoms with Crippen molar-refractivity contribution in [1.82, 2.24) is 10.2 Å². The van der Waals surface area contributed by atoms with Gasteiger partial charge in [-0.05, 0) is 18.4 Å². The molecular weight excluding hydrogens is 314 g/mol. The van der Waals surface area contributed by atoms with E-state index in [1.807, 2.05) is 35.2 Å². The number of nitrogens with zero attached hydrogens (tertiary/aromatic N) is 1. The van der Waals surface area contributed by atoms with E-state index in [1.54, 1.807) is 0 Å². The van der Waals surface area contributed by atoms with Gasteiger partial charge in [0.05, 0.1) is 0 Å². The van der Waals surface area contributed by atoms with Crippen LogP contribution >= 0.6 is 12.4 Å². The third-order valence-corrected chi connectivity index (χ3v) is 4.04. The van der Waals surface area contributed by atoms with Gasteiger partial charge in [0.1, 0.15) is 6.04 Å². The van der Waals surface area contributed by atoms with Gasteiger partial charge in [-0.1, -0.05) is 43.2 Å². The van der Waals surface area contributed by atoms with E-state index in [0.29, 0.717) is 13.0 Å². The lowest BCUT2D eigenvalue weighted by atomic mass is 10.1. The van der Waals surface area contributed by atoms with E-state index in [4.69, 9.17) is 5.73 Å². The molecule has 1 unspecified atom stereocenters. The Balaban J connectivity index is 0.00000264. The van der Waals surface area contributed by atoms with E-state index in [2.05, 4.69) is 5.32 Å². The predicted molar refractivity (Wildman–Crippen MR) is 93.3 cm³/mol. The summed E-state index contributed by atoms with van der Waals surface area (Å²) in [4.78, 5) is 26.0. The molecule has 1 aromatic carbocycles. The van der Waals surface area contributed by atoms with Crippen LogP contribution in [0.5, 0.6) is 0 Å². The summed E-state index contributed by atoms with van der Waals surface area (Å²) in [5.74, 6) is -0.120. The fraction of sp³-hybridized carbons (Fsp3) is 0.529. The van der Waals surface area contributed by atoms with Gasteiger partial charge in [0.2, 0.25) is 11.8 Å². The summed E-state index contributed by atoms with van der Waals surface area (Å²) in [5, 5.41) is 2.76. The summed E-state index contributed by atoms with van der Waals surface area (Å²) in [6.45, 7) is 2.03. The number of hydrogen-bond donors (Lipinski definition) is 2. The highest BCUT2D eigenvalue weighted by Gasteiger charge is 2.17. The number of nitrogens with two attached hydrogens (primary N) is 1. The van der Waals surface area contributed by atoms with Crippen molar-refractivity contribution in [3.05, 3.63) is 35.9 Å². The molecular formula is C17H26ClN3O2. The zero-order valence-corrected chi connectivity index (χ0v) is 14.2. The van der Waals surface area contributed by atoms with Crippen LogP contribution in [-0.2, 0) is 9.59 Å². The Hall–Kier alpha value is -1.59. The highest BCUT2D eigenvalue weighted by atomic mass is 35.5. The first-order chi connectivity index (χ1) is 10.7. The van der Waals surface area contributed by atoms with Crippen molar-refractivity contribution in [2.45, 2.75) is 38.1 Å². The fourth-order valence-electron chi connectivity index (χ4n) is 2.69. The second-order valence-electron chi connectivity index (χ2n) is 5.72. The lowest BCUT2D eigenvalue weighted by Crippen LogP contribution is -2.38. The summed E-state index contributed by atoms with van der Waals surface area (Å²) in [7, 11) is 0. The van der Waals surface area contributed by atoms with Gasteiger partial charge >= 0.3 is 0 Å². The topological polar surface area (TPSA) is 75.4 Å². The molecule has 128 valence electrons. The highest BCUT2D eigenvalue weighted by Crippen LogP contribution is 2.11. The minimum Gasteiger partial charge on any atom is -0.354 e. The maximum atomic E-state index is 12.1. The normalized spacial score (nSPS) is 16.0. The molecule has 1 fully saturated rings. The lowest BCUT2D eigenvalue weighted by molar-refractivity contribution is -0.131. The molecule has 0 saturated carbocycles. The number of rotatable bonds is 5. The molecule has 5 nitrogen and oxygen atoms in total. The molecule has 1 saturated heterocycles. The molecule has 1 heterocycles. The molecule has 0 bridgehead atoms. The van der Waals surface area contributed by atoms with Crippen LogP contribution in [0.1, 0.15) is 43.7 Å². The number of halogens is 1. The first-order valence-corrected chi connectivity index (χ1v) is 8.04. The Bertz CT molecular complexity index is 488. The molecule has 0 aliphatic carbocycles. The van der Waals surface area contributed by atoms with E-state index < -0.39 is 6.04 Å². The Kier molecular flexibility index (Phi) is 8.66. The Morgan fingerprint density at radius 2 is 1.70 bits per heavy atom. The van der Waals surface area contributed by atoms with Crippen LogP contribution in [0.3, 0.4) is 0 Å². The van der Waals surface area contributed by atoms with Crippen molar-refractivity contribution in [2.24, 2.45) is 5.73 Å². The third-order valence-electron chi connectivity index (χ3n) is 4.04. The van der Waals surface area contributed by atoms with Crippen molar-refractivity contribution in [3.8, 4) is 0 Å². The van der Waals surface area contributed by atoms with Crippen molar-refractivity contribution in [2.75, 3.05) is 19.6 Å². The van der Waals surface area contributed by atoms with Gasteiger partial charge < -0.3 is 16.0 Å². The number of carbonyl (C=O) groups excluding carboxylic acids is 2. The van der Waals surface area contributed by atoms with Crippen LogP contribution in [0.4, 0.5) is 0 Å². The largest absolute Gasteiger partial charge is 0.354 e. The fourth-order valence-corrected chi connectivity index (χ4v) is 2.69. The van der Waals surface area contributed by atoms with Crippen LogP contribution in [0.2, 0.25) is 0 Å². The average Bonchev–Trinajstić information content (AvgIpc) is 2.84.